The normalized spacial score (nSPS) is 18.9. The van der Waals surface area contributed by atoms with Gasteiger partial charge in [0.2, 0.25) is 0 Å². The van der Waals surface area contributed by atoms with E-state index in [4.69, 9.17) is 14.7 Å². The molecule has 1 aromatic rings. The Kier molecular flexibility index (Phi) is 7.42. The van der Waals surface area contributed by atoms with Crippen LogP contribution in [0.25, 0.3) is 5.57 Å². The molecule has 1 aromatic heterocycles. The van der Waals surface area contributed by atoms with Gasteiger partial charge < -0.3 is 14.9 Å². The predicted octanol–water partition coefficient (Wildman–Crippen LogP) is 3.68. The molecule has 2 aliphatic rings. The molecular formula is C24H34N2O4. The summed E-state index contributed by atoms with van der Waals surface area (Å²) in [6.45, 7) is 5.63. The molecular weight excluding hydrogens is 380 g/mol. The fourth-order valence-electron chi connectivity index (χ4n) is 4.01. The monoisotopic (exact) mass is 414 g/mol. The van der Waals surface area contributed by atoms with Gasteiger partial charge in [-0.1, -0.05) is 18.2 Å². The van der Waals surface area contributed by atoms with Crippen molar-refractivity contribution in [2.24, 2.45) is 5.92 Å². The van der Waals surface area contributed by atoms with Crippen LogP contribution in [-0.2, 0) is 28.8 Å². The number of aromatic nitrogens is 2. The molecule has 0 spiro atoms. The average molecular weight is 415 g/mol. The molecule has 0 fully saturated rings. The van der Waals surface area contributed by atoms with Crippen molar-refractivity contribution in [3.63, 3.8) is 0 Å². The molecule has 30 heavy (non-hydrogen) atoms. The number of carbonyl (C=O) groups excluding carboxylic acids is 1. The predicted molar refractivity (Wildman–Crippen MR) is 116 cm³/mol. The zero-order valence-electron chi connectivity index (χ0n) is 18.4. The Labute approximate surface area is 179 Å². The van der Waals surface area contributed by atoms with E-state index in [0.29, 0.717) is 19.3 Å². The van der Waals surface area contributed by atoms with Crippen LogP contribution in [0.3, 0.4) is 0 Å². The van der Waals surface area contributed by atoms with Crippen molar-refractivity contribution in [1.29, 1.82) is 0 Å². The second-order valence-electron chi connectivity index (χ2n) is 9.26. The number of aliphatic hydroxyl groups excluding tert-OH is 1. The molecule has 0 amide bonds. The van der Waals surface area contributed by atoms with Crippen molar-refractivity contribution in [2.45, 2.75) is 90.4 Å². The largest absolute Gasteiger partial charge is 0.460 e. The quantitative estimate of drug-likeness (QED) is 0.306. The van der Waals surface area contributed by atoms with Crippen molar-refractivity contribution in [2.75, 3.05) is 0 Å². The smallest absolute Gasteiger partial charge is 0.306 e. The molecule has 0 bridgehead atoms. The van der Waals surface area contributed by atoms with Gasteiger partial charge in [0.15, 0.2) is 6.29 Å². The first-order valence-corrected chi connectivity index (χ1v) is 11.0. The maximum Gasteiger partial charge on any atom is 0.306 e. The number of aryl methyl sites for hydroxylation is 2. The van der Waals surface area contributed by atoms with Gasteiger partial charge in [-0.25, -0.2) is 4.98 Å². The first-order chi connectivity index (χ1) is 14.2. The molecule has 6 heteroatoms. The number of unbranched alkanes of at least 4 members (excludes halogenated alkanes) is 1. The van der Waals surface area contributed by atoms with Crippen LogP contribution in [-0.4, -0.2) is 38.0 Å². The Bertz CT molecular complexity index is 821. The van der Waals surface area contributed by atoms with Gasteiger partial charge in [0.1, 0.15) is 5.60 Å². The highest BCUT2D eigenvalue weighted by atomic mass is 16.6. The van der Waals surface area contributed by atoms with Crippen molar-refractivity contribution in [1.82, 2.24) is 9.97 Å². The Morgan fingerprint density at radius 3 is 2.67 bits per heavy atom. The Morgan fingerprint density at radius 1 is 1.20 bits per heavy atom. The number of aliphatic hydroxyl groups is 2. The standard InChI is InChI=1S/C24H34N2O4/c1-24(2,3)30-21(27)12-8-7-11-19-22(16-9-5-4-6-10-16)26-18-14-13-17(23(28)29)15-20(18)25-19/h4-5,10,17,23,28-29H,6-9,11-15H2,1-3H3. The number of fused-ring (bicyclic) bond motifs is 1. The van der Waals surface area contributed by atoms with Gasteiger partial charge in [0, 0.05) is 12.3 Å². The summed E-state index contributed by atoms with van der Waals surface area (Å²) in [6, 6.07) is 0. The van der Waals surface area contributed by atoms with E-state index in [1.54, 1.807) is 0 Å². The summed E-state index contributed by atoms with van der Waals surface area (Å²) in [5.41, 5.74) is 4.54. The summed E-state index contributed by atoms with van der Waals surface area (Å²) < 4.78 is 5.39. The zero-order valence-corrected chi connectivity index (χ0v) is 18.4. The second-order valence-corrected chi connectivity index (χ2v) is 9.26. The molecule has 0 radical (unpaired) electrons. The van der Waals surface area contributed by atoms with E-state index >= 15 is 0 Å². The van der Waals surface area contributed by atoms with Crippen LogP contribution in [0.2, 0.25) is 0 Å². The highest BCUT2D eigenvalue weighted by Gasteiger charge is 2.27. The Hall–Kier alpha value is -2.05. The fourth-order valence-corrected chi connectivity index (χ4v) is 4.01. The van der Waals surface area contributed by atoms with E-state index in [-0.39, 0.29) is 11.9 Å². The van der Waals surface area contributed by atoms with Crippen LogP contribution in [0.1, 0.15) is 82.1 Å². The van der Waals surface area contributed by atoms with Gasteiger partial charge in [-0.3, -0.25) is 9.78 Å². The van der Waals surface area contributed by atoms with E-state index < -0.39 is 11.9 Å². The van der Waals surface area contributed by atoms with Crippen LogP contribution < -0.4 is 0 Å². The first-order valence-electron chi connectivity index (χ1n) is 11.0. The van der Waals surface area contributed by atoms with E-state index in [0.717, 1.165) is 61.3 Å². The second kappa shape index (κ2) is 9.84. The summed E-state index contributed by atoms with van der Waals surface area (Å²) >= 11 is 0. The molecule has 1 atom stereocenters. The third-order valence-electron chi connectivity index (χ3n) is 5.53. The Morgan fingerprint density at radius 2 is 2.00 bits per heavy atom. The molecule has 2 N–H and O–H groups in total. The molecule has 6 nitrogen and oxygen atoms in total. The number of esters is 1. The van der Waals surface area contributed by atoms with Gasteiger partial charge in [0.05, 0.1) is 22.8 Å². The lowest BCUT2D eigenvalue weighted by Gasteiger charge is -2.26. The summed E-state index contributed by atoms with van der Waals surface area (Å²) in [7, 11) is 0. The lowest BCUT2D eigenvalue weighted by molar-refractivity contribution is -0.154. The van der Waals surface area contributed by atoms with Crippen LogP contribution in [0.5, 0.6) is 0 Å². The van der Waals surface area contributed by atoms with Gasteiger partial charge in [-0.15, -0.1) is 0 Å². The summed E-state index contributed by atoms with van der Waals surface area (Å²) in [5, 5.41) is 19.2. The maximum absolute atomic E-state index is 12.0. The first kappa shape index (κ1) is 22.6. The molecule has 1 heterocycles. The van der Waals surface area contributed by atoms with Gasteiger partial charge in [-0.05, 0) is 77.7 Å². The number of ether oxygens (including phenoxy) is 1. The molecule has 0 saturated carbocycles. The topological polar surface area (TPSA) is 92.5 Å². The summed E-state index contributed by atoms with van der Waals surface area (Å²) in [5.74, 6) is -0.353. The molecule has 0 aliphatic heterocycles. The summed E-state index contributed by atoms with van der Waals surface area (Å²) in [6.07, 6.45) is 11.7. The third kappa shape index (κ3) is 6.22. The molecule has 1 unspecified atom stereocenters. The minimum atomic E-state index is -1.32. The van der Waals surface area contributed by atoms with E-state index in [1.165, 1.54) is 5.57 Å². The van der Waals surface area contributed by atoms with Crippen LogP contribution in [0.4, 0.5) is 0 Å². The minimum Gasteiger partial charge on any atom is -0.460 e. The van der Waals surface area contributed by atoms with E-state index in [9.17, 15) is 15.0 Å². The van der Waals surface area contributed by atoms with Gasteiger partial charge in [0.25, 0.3) is 0 Å². The van der Waals surface area contributed by atoms with E-state index in [1.807, 2.05) is 20.8 Å². The van der Waals surface area contributed by atoms with Crippen molar-refractivity contribution in [3.05, 3.63) is 41.0 Å². The summed E-state index contributed by atoms with van der Waals surface area (Å²) in [4.78, 5) is 21.9. The van der Waals surface area contributed by atoms with Gasteiger partial charge >= 0.3 is 5.97 Å². The molecule has 0 saturated heterocycles. The molecule has 2 aliphatic carbocycles. The van der Waals surface area contributed by atoms with Crippen LogP contribution in [0, 0.1) is 5.92 Å². The van der Waals surface area contributed by atoms with Gasteiger partial charge in [-0.2, -0.15) is 0 Å². The number of carbonyl (C=O) groups is 1. The SMILES string of the molecule is CC(C)(C)OC(=O)CCCCc1nc2c(nc1C1=CCC=CC1)CCC(C(O)O)C2. The van der Waals surface area contributed by atoms with Crippen molar-refractivity contribution < 1.29 is 19.7 Å². The minimum absolute atomic E-state index is 0.167. The molecule has 164 valence electrons. The third-order valence-corrected chi connectivity index (χ3v) is 5.53. The van der Waals surface area contributed by atoms with Crippen molar-refractivity contribution in [3.8, 4) is 0 Å². The van der Waals surface area contributed by atoms with Crippen LogP contribution >= 0.6 is 0 Å². The molecule has 3 rings (SSSR count). The number of nitrogens with zero attached hydrogens (tertiary/aromatic N) is 2. The number of hydrogen-bond acceptors (Lipinski definition) is 6. The highest BCUT2D eigenvalue weighted by Crippen LogP contribution is 2.30. The number of allylic oxidation sites excluding steroid dienone is 4. The fraction of sp³-hybridized carbons (Fsp3) is 0.625. The lowest BCUT2D eigenvalue weighted by atomic mass is 9.88. The highest BCUT2D eigenvalue weighted by molar-refractivity contribution is 5.70. The zero-order chi connectivity index (χ0) is 21.7. The Balaban J connectivity index is 1.72. The average Bonchev–Trinajstić information content (AvgIpc) is 2.69. The van der Waals surface area contributed by atoms with Crippen LogP contribution in [0.15, 0.2) is 18.2 Å². The molecule has 0 aromatic carbocycles. The number of hydrogen-bond donors (Lipinski definition) is 2. The van der Waals surface area contributed by atoms with E-state index in [2.05, 4.69) is 18.2 Å². The number of rotatable bonds is 7. The van der Waals surface area contributed by atoms with Crippen molar-refractivity contribution >= 4 is 11.5 Å². The maximum atomic E-state index is 12.0. The lowest BCUT2D eigenvalue weighted by Crippen LogP contribution is -2.28.